The Balaban J connectivity index is 1.72. The van der Waals surface area contributed by atoms with Crippen molar-refractivity contribution in [1.29, 1.82) is 0 Å². The molecule has 1 unspecified atom stereocenters. The maximum Gasteiger partial charge on any atom is 0.130 e. The third-order valence-corrected chi connectivity index (χ3v) is 4.40. The minimum atomic E-state index is 0.407. The summed E-state index contributed by atoms with van der Waals surface area (Å²) in [6.45, 7) is 3.19. The number of hydrogen-bond acceptors (Lipinski definition) is 2. The van der Waals surface area contributed by atoms with Crippen molar-refractivity contribution >= 4 is 15.9 Å². The lowest BCUT2D eigenvalue weighted by Crippen LogP contribution is -2.02. The summed E-state index contributed by atoms with van der Waals surface area (Å²) in [4.78, 5) is 4.09. The number of benzene rings is 2. The highest BCUT2D eigenvalue weighted by molar-refractivity contribution is 9.10. The monoisotopic (exact) mass is 370 g/mol. The molecule has 4 heteroatoms. The van der Waals surface area contributed by atoms with Gasteiger partial charge in [0.25, 0.3) is 0 Å². The van der Waals surface area contributed by atoms with E-state index in [4.69, 9.17) is 4.74 Å². The van der Waals surface area contributed by atoms with Gasteiger partial charge in [-0.1, -0.05) is 41.1 Å². The van der Waals surface area contributed by atoms with E-state index in [1.165, 1.54) is 5.56 Å². The molecule has 2 aromatic carbocycles. The maximum absolute atomic E-state index is 6.08. The Morgan fingerprint density at radius 3 is 2.65 bits per heavy atom. The van der Waals surface area contributed by atoms with Gasteiger partial charge < -0.3 is 9.30 Å². The molecule has 0 aliphatic heterocycles. The summed E-state index contributed by atoms with van der Waals surface area (Å²) < 4.78 is 9.24. The van der Waals surface area contributed by atoms with E-state index in [1.54, 1.807) is 0 Å². The van der Waals surface area contributed by atoms with Gasteiger partial charge in [0.1, 0.15) is 11.5 Å². The van der Waals surface area contributed by atoms with Crippen molar-refractivity contribution in [3.63, 3.8) is 0 Å². The predicted octanol–water partition coefficient (Wildman–Crippen LogP) is 5.63. The molecule has 0 aliphatic rings. The molecule has 0 spiro atoms. The summed E-state index contributed by atoms with van der Waals surface area (Å²) in [7, 11) is 0. The van der Waals surface area contributed by atoms with Crippen molar-refractivity contribution in [2.75, 3.05) is 0 Å². The zero-order chi connectivity index (χ0) is 16.1. The van der Waals surface area contributed by atoms with Crippen LogP contribution in [0.2, 0.25) is 0 Å². The third kappa shape index (κ3) is 4.23. The summed E-state index contributed by atoms with van der Waals surface area (Å²) in [6.07, 6.45) is 6.71. The highest BCUT2D eigenvalue weighted by atomic mass is 79.9. The van der Waals surface area contributed by atoms with Crippen LogP contribution in [0, 0.1) is 0 Å². The molecule has 0 fully saturated rings. The van der Waals surface area contributed by atoms with Gasteiger partial charge >= 0.3 is 0 Å². The van der Waals surface area contributed by atoms with Crippen LogP contribution in [0.25, 0.3) is 0 Å². The van der Waals surface area contributed by atoms with Crippen molar-refractivity contribution in [2.24, 2.45) is 0 Å². The van der Waals surface area contributed by atoms with Crippen LogP contribution in [0.5, 0.6) is 11.5 Å². The molecule has 0 radical (unpaired) electrons. The van der Waals surface area contributed by atoms with Crippen LogP contribution in [0.3, 0.4) is 0 Å². The van der Waals surface area contributed by atoms with Gasteiger partial charge in [-0.2, -0.15) is 0 Å². The molecule has 0 aliphatic carbocycles. The smallest absolute Gasteiger partial charge is 0.130 e. The highest BCUT2D eigenvalue weighted by Gasteiger charge is 2.12. The summed E-state index contributed by atoms with van der Waals surface area (Å²) >= 11 is 3.44. The molecule has 0 bridgehead atoms. The standard InChI is InChI=1S/C19H19BrN2O/c1-15(10-12-22-13-11-21-14-22)18-4-2-3-5-19(18)23-17-8-6-16(20)7-9-17/h2-9,11,13-15H,10,12H2,1H3. The molecule has 0 amide bonds. The van der Waals surface area contributed by atoms with Crippen molar-refractivity contribution in [1.82, 2.24) is 9.55 Å². The molecular weight excluding hydrogens is 352 g/mol. The van der Waals surface area contributed by atoms with E-state index in [2.05, 4.69) is 44.5 Å². The molecule has 118 valence electrons. The lowest BCUT2D eigenvalue weighted by molar-refractivity contribution is 0.465. The molecular formula is C19H19BrN2O. The van der Waals surface area contributed by atoms with E-state index in [0.717, 1.165) is 28.9 Å². The Bertz CT molecular complexity index is 738. The third-order valence-electron chi connectivity index (χ3n) is 3.87. The Morgan fingerprint density at radius 1 is 1.13 bits per heavy atom. The first kappa shape index (κ1) is 15.8. The number of imidazole rings is 1. The second kappa shape index (κ2) is 7.47. The average molecular weight is 371 g/mol. The molecule has 3 rings (SSSR count). The first-order valence-corrected chi connectivity index (χ1v) is 8.50. The van der Waals surface area contributed by atoms with Crippen LogP contribution in [0.1, 0.15) is 24.8 Å². The number of hydrogen-bond donors (Lipinski definition) is 0. The zero-order valence-electron chi connectivity index (χ0n) is 13.0. The normalized spacial score (nSPS) is 12.1. The molecule has 1 atom stereocenters. The zero-order valence-corrected chi connectivity index (χ0v) is 14.6. The number of aryl methyl sites for hydroxylation is 1. The second-order valence-electron chi connectivity index (χ2n) is 5.58. The van der Waals surface area contributed by atoms with Gasteiger partial charge in [-0.05, 0) is 48.2 Å². The lowest BCUT2D eigenvalue weighted by Gasteiger charge is -2.17. The second-order valence-corrected chi connectivity index (χ2v) is 6.50. The van der Waals surface area contributed by atoms with Gasteiger partial charge in [-0.3, -0.25) is 0 Å². The first-order valence-electron chi connectivity index (χ1n) is 7.70. The average Bonchev–Trinajstić information content (AvgIpc) is 3.09. The summed E-state index contributed by atoms with van der Waals surface area (Å²) in [6, 6.07) is 16.2. The number of para-hydroxylation sites is 1. The van der Waals surface area contributed by atoms with Crippen molar-refractivity contribution in [2.45, 2.75) is 25.8 Å². The van der Waals surface area contributed by atoms with Gasteiger partial charge in [-0.25, -0.2) is 4.98 Å². The number of nitrogens with zero attached hydrogens (tertiary/aromatic N) is 2. The lowest BCUT2D eigenvalue weighted by atomic mass is 9.97. The van der Waals surface area contributed by atoms with Gasteiger partial charge in [0.05, 0.1) is 6.33 Å². The minimum absolute atomic E-state index is 0.407. The predicted molar refractivity (Wildman–Crippen MR) is 95.9 cm³/mol. The summed E-state index contributed by atoms with van der Waals surface area (Å²) in [5, 5.41) is 0. The van der Waals surface area contributed by atoms with Crippen LogP contribution in [0.15, 0.2) is 71.7 Å². The van der Waals surface area contributed by atoms with Crippen molar-refractivity contribution < 1.29 is 4.74 Å². The Morgan fingerprint density at radius 2 is 1.91 bits per heavy atom. The molecule has 3 aromatic rings. The Labute approximate surface area is 145 Å². The molecule has 0 saturated heterocycles. The fraction of sp³-hybridized carbons (Fsp3) is 0.211. The van der Waals surface area contributed by atoms with E-state index in [-0.39, 0.29) is 0 Å². The number of rotatable bonds is 6. The molecule has 0 N–H and O–H groups in total. The molecule has 1 aromatic heterocycles. The van der Waals surface area contributed by atoms with Gasteiger partial charge in [0.2, 0.25) is 0 Å². The summed E-state index contributed by atoms with van der Waals surface area (Å²) in [5.74, 6) is 2.18. The molecule has 3 nitrogen and oxygen atoms in total. The first-order chi connectivity index (χ1) is 11.2. The van der Waals surface area contributed by atoms with Gasteiger partial charge in [0, 0.05) is 23.4 Å². The van der Waals surface area contributed by atoms with Crippen molar-refractivity contribution in [3.05, 3.63) is 77.3 Å². The van der Waals surface area contributed by atoms with Crippen LogP contribution < -0.4 is 4.74 Å². The van der Waals surface area contributed by atoms with E-state index in [0.29, 0.717) is 5.92 Å². The van der Waals surface area contributed by atoms with Crippen LogP contribution in [-0.2, 0) is 6.54 Å². The summed E-state index contributed by atoms with van der Waals surface area (Å²) in [5.41, 5.74) is 1.23. The topological polar surface area (TPSA) is 27.1 Å². The SMILES string of the molecule is CC(CCn1ccnc1)c1ccccc1Oc1ccc(Br)cc1. The van der Waals surface area contributed by atoms with Gasteiger partial charge in [0.15, 0.2) is 0 Å². The molecule has 23 heavy (non-hydrogen) atoms. The Hall–Kier alpha value is -2.07. The quantitative estimate of drug-likeness (QED) is 0.561. The van der Waals surface area contributed by atoms with Gasteiger partial charge in [-0.15, -0.1) is 0 Å². The van der Waals surface area contributed by atoms with Crippen molar-refractivity contribution in [3.8, 4) is 11.5 Å². The van der Waals surface area contributed by atoms with E-state index in [1.807, 2.05) is 55.1 Å². The highest BCUT2D eigenvalue weighted by Crippen LogP contribution is 2.32. The van der Waals surface area contributed by atoms with E-state index >= 15 is 0 Å². The number of halogens is 1. The number of ether oxygens (including phenoxy) is 1. The van der Waals surface area contributed by atoms with Crippen LogP contribution in [0.4, 0.5) is 0 Å². The fourth-order valence-corrected chi connectivity index (χ4v) is 2.79. The molecule has 1 heterocycles. The largest absolute Gasteiger partial charge is 0.457 e. The minimum Gasteiger partial charge on any atom is -0.457 e. The maximum atomic E-state index is 6.08. The van der Waals surface area contributed by atoms with E-state index < -0.39 is 0 Å². The number of aromatic nitrogens is 2. The Kier molecular flexibility index (Phi) is 5.13. The fourth-order valence-electron chi connectivity index (χ4n) is 2.53. The van der Waals surface area contributed by atoms with Crippen LogP contribution >= 0.6 is 15.9 Å². The van der Waals surface area contributed by atoms with E-state index in [9.17, 15) is 0 Å². The van der Waals surface area contributed by atoms with Crippen LogP contribution in [-0.4, -0.2) is 9.55 Å². The molecule has 0 saturated carbocycles.